The van der Waals surface area contributed by atoms with Gasteiger partial charge in [0, 0.05) is 28.2 Å². The molecule has 39 heavy (non-hydrogen) atoms. The molecule has 0 fully saturated rings. The normalized spacial score (nSPS) is 11.7. The smallest absolute Gasteiger partial charge is 0.146 e. The second-order valence-electron chi connectivity index (χ2n) is 11.2. The number of fused-ring (bicyclic) bond motifs is 1. The number of aromatic hydroxyl groups is 1. The molecule has 198 valence electrons. The summed E-state index contributed by atoms with van der Waals surface area (Å²) in [4.78, 5) is 16.2. The molecule has 0 aliphatic carbocycles. The maximum Gasteiger partial charge on any atom is 0.146 e. The van der Waals surface area contributed by atoms with Crippen LogP contribution in [0.5, 0.6) is 5.75 Å². The van der Waals surface area contributed by atoms with Crippen molar-refractivity contribution in [2.45, 2.75) is 62.7 Å². The Labute approximate surface area is 233 Å². The van der Waals surface area contributed by atoms with Crippen molar-refractivity contribution in [2.24, 2.45) is 0 Å². The summed E-state index contributed by atoms with van der Waals surface area (Å²) in [6, 6.07) is 26.2. The summed E-state index contributed by atoms with van der Waals surface area (Å²) in [5.74, 6) is 0.419. The van der Waals surface area contributed by atoms with Crippen LogP contribution in [0.25, 0.3) is 16.7 Å². The third-order valence-electron chi connectivity index (χ3n) is 6.69. The van der Waals surface area contributed by atoms with E-state index >= 15 is 0 Å². The molecule has 0 amide bonds. The molecule has 0 saturated heterocycles. The maximum atomic E-state index is 12.5. The number of aromatic nitrogens is 3. The van der Waals surface area contributed by atoms with Crippen LogP contribution in [0.3, 0.4) is 0 Å². The van der Waals surface area contributed by atoms with Gasteiger partial charge in [-0.25, -0.2) is 0 Å². The van der Waals surface area contributed by atoms with Crippen molar-refractivity contribution >= 4 is 28.6 Å². The quantitative estimate of drug-likeness (QED) is 0.233. The van der Waals surface area contributed by atoms with Gasteiger partial charge in [-0.05, 0) is 72.4 Å². The molecule has 0 aliphatic rings. The molecular weight excluding hydrogens is 502 g/mol. The first-order valence-corrected chi connectivity index (χ1v) is 13.9. The second-order valence-corrected chi connectivity index (χ2v) is 12.3. The van der Waals surface area contributed by atoms with E-state index in [1.54, 1.807) is 11.8 Å². The Balaban J connectivity index is 1.30. The van der Waals surface area contributed by atoms with E-state index in [-0.39, 0.29) is 16.9 Å². The molecule has 1 aromatic heterocycles. The number of ketones is 1. The predicted octanol–water partition coefficient (Wildman–Crippen LogP) is 7.55. The Morgan fingerprint density at radius 2 is 1.36 bits per heavy atom. The van der Waals surface area contributed by atoms with E-state index in [0.29, 0.717) is 18.5 Å². The molecule has 1 heterocycles. The zero-order valence-corrected chi connectivity index (χ0v) is 23.8. The first-order valence-electron chi connectivity index (χ1n) is 13.1. The Morgan fingerprint density at radius 1 is 0.769 bits per heavy atom. The maximum absolute atomic E-state index is 12.5. The van der Waals surface area contributed by atoms with E-state index in [1.807, 2.05) is 80.6 Å². The van der Waals surface area contributed by atoms with Crippen molar-refractivity contribution in [1.29, 1.82) is 0 Å². The van der Waals surface area contributed by atoms with Gasteiger partial charge in [0.25, 0.3) is 0 Å². The lowest BCUT2D eigenvalue weighted by Gasteiger charge is -2.22. The average Bonchev–Trinajstić information content (AvgIpc) is 3.30. The first kappa shape index (κ1) is 26.7. The van der Waals surface area contributed by atoms with Gasteiger partial charge in [-0.1, -0.05) is 80.6 Å². The van der Waals surface area contributed by atoms with Crippen molar-refractivity contribution in [3.8, 4) is 11.4 Å². The SMILES string of the molecule is Cc1ccc(CC(=O)Cc2ccc(Sc3ccc4nn(-c5cc(C)cc(C(C)(C)C)c5O)nc4c3)cc2)cc1. The van der Waals surface area contributed by atoms with Gasteiger partial charge in [0.05, 0.1) is 0 Å². The molecular formula is C33H33N3O2S. The number of aryl methyl sites for hydroxylation is 2. The summed E-state index contributed by atoms with van der Waals surface area (Å²) in [7, 11) is 0. The third-order valence-corrected chi connectivity index (χ3v) is 7.69. The molecule has 0 unspecified atom stereocenters. The molecule has 6 heteroatoms. The lowest BCUT2D eigenvalue weighted by molar-refractivity contribution is -0.117. The highest BCUT2D eigenvalue weighted by molar-refractivity contribution is 7.99. The van der Waals surface area contributed by atoms with Crippen molar-refractivity contribution in [1.82, 2.24) is 15.0 Å². The summed E-state index contributed by atoms with van der Waals surface area (Å²) in [6.45, 7) is 10.3. The minimum Gasteiger partial charge on any atom is -0.505 e. The van der Waals surface area contributed by atoms with Gasteiger partial charge in [0.15, 0.2) is 0 Å². The van der Waals surface area contributed by atoms with E-state index in [2.05, 4.69) is 38.0 Å². The lowest BCUT2D eigenvalue weighted by atomic mass is 9.85. The molecule has 5 rings (SSSR count). The molecule has 0 bridgehead atoms. The van der Waals surface area contributed by atoms with Crippen LogP contribution in [-0.4, -0.2) is 25.9 Å². The number of carbonyl (C=O) groups excluding carboxylic acids is 1. The number of Topliss-reactive ketones (excluding diaryl/α,β-unsaturated/α-hetero) is 1. The average molecular weight is 536 g/mol. The predicted molar refractivity (Wildman–Crippen MR) is 158 cm³/mol. The number of phenols is 1. The van der Waals surface area contributed by atoms with Gasteiger partial charge < -0.3 is 5.11 Å². The van der Waals surface area contributed by atoms with Gasteiger partial charge >= 0.3 is 0 Å². The van der Waals surface area contributed by atoms with E-state index in [9.17, 15) is 9.90 Å². The Bertz CT molecular complexity index is 1650. The Kier molecular flexibility index (Phi) is 7.32. The number of hydrogen-bond acceptors (Lipinski definition) is 5. The minimum atomic E-state index is -0.203. The Hall–Kier alpha value is -3.90. The fraction of sp³-hybridized carbons (Fsp3) is 0.242. The van der Waals surface area contributed by atoms with E-state index < -0.39 is 0 Å². The summed E-state index contributed by atoms with van der Waals surface area (Å²) in [5, 5.41) is 20.3. The summed E-state index contributed by atoms with van der Waals surface area (Å²) in [6.07, 6.45) is 0.881. The van der Waals surface area contributed by atoms with Gasteiger partial charge in [0.1, 0.15) is 28.3 Å². The molecule has 0 atom stereocenters. The monoisotopic (exact) mass is 535 g/mol. The van der Waals surface area contributed by atoms with Crippen molar-refractivity contribution in [2.75, 3.05) is 0 Å². The highest BCUT2D eigenvalue weighted by Gasteiger charge is 2.22. The lowest BCUT2D eigenvalue weighted by Crippen LogP contribution is -2.13. The molecule has 1 N–H and O–H groups in total. The van der Waals surface area contributed by atoms with Crippen LogP contribution < -0.4 is 0 Å². The van der Waals surface area contributed by atoms with E-state index in [1.165, 1.54) is 10.4 Å². The van der Waals surface area contributed by atoms with Crippen LogP contribution in [0.1, 0.15) is 48.6 Å². The zero-order valence-electron chi connectivity index (χ0n) is 23.0. The number of benzene rings is 4. The molecule has 5 nitrogen and oxygen atoms in total. The highest BCUT2D eigenvalue weighted by Crippen LogP contribution is 2.36. The first-order chi connectivity index (χ1) is 18.5. The van der Waals surface area contributed by atoms with E-state index in [0.717, 1.165) is 43.1 Å². The van der Waals surface area contributed by atoms with Gasteiger partial charge in [-0.15, -0.1) is 15.0 Å². The van der Waals surface area contributed by atoms with Crippen LogP contribution >= 0.6 is 11.8 Å². The standard InChI is InChI=1S/C33H33N3O2S/c1-21-6-8-23(9-7-21)18-25(37)19-24-10-12-26(13-11-24)39-27-14-15-29-30(20-27)35-36(34-29)31-17-22(2)16-28(32(31)38)33(3,4)5/h6-17,20,38H,18-19H2,1-5H3. The number of phenolic OH excluding ortho intramolecular Hbond substituents is 1. The van der Waals surface area contributed by atoms with E-state index in [4.69, 9.17) is 5.10 Å². The second kappa shape index (κ2) is 10.7. The van der Waals surface area contributed by atoms with Crippen LogP contribution in [0.4, 0.5) is 0 Å². The molecule has 4 aromatic carbocycles. The number of carbonyl (C=O) groups is 1. The van der Waals surface area contributed by atoms with Crippen molar-refractivity contribution in [3.63, 3.8) is 0 Å². The fourth-order valence-corrected chi connectivity index (χ4v) is 5.44. The summed E-state index contributed by atoms with van der Waals surface area (Å²) >= 11 is 1.64. The third kappa shape index (κ3) is 6.23. The zero-order chi connectivity index (χ0) is 27.7. The van der Waals surface area contributed by atoms with Gasteiger partial charge in [-0.3, -0.25) is 4.79 Å². The van der Waals surface area contributed by atoms with Crippen LogP contribution in [0.2, 0.25) is 0 Å². The topological polar surface area (TPSA) is 68.0 Å². The minimum absolute atomic E-state index is 0.203. The van der Waals surface area contributed by atoms with Gasteiger partial charge in [-0.2, -0.15) is 0 Å². The largest absolute Gasteiger partial charge is 0.505 e. The van der Waals surface area contributed by atoms with Crippen LogP contribution in [0.15, 0.2) is 88.7 Å². The molecule has 0 spiro atoms. The highest BCUT2D eigenvalue weighted by atomic mass is 32.2. The number of hydrogen-bond donors (Lipinski definition) is 1. The van der Waals surface area contributed by atoms with Crippen molar-refractivity contribution in [3.05, 3.63) is 107 Å². The van der Waals surface area contributed by atoms with Crippen LogP contribution in [0, 0.1) is 13.8 Å². The number of rotatable bonds is 7. The van der Waals surface area contributed by atoms with Gasteiger partial charge in [0.2, 0.25) is 0 Å². The molecule has 5 aromatic rings. The molecule has 0 aliphatic heterocycles. The summed E-state index contributed by atoms with van der Waals surface area (Å²) < 4.78 is 0. The fourth-order valence-electron chi connectivity index (χ4n) is 4.58. The molecule has 0 radical (unpaired) electrons. The Morgan fingerprint density at radius 3 is 2.00 bits per heavy atom. The van der Waals surface area contributed by atoms with Crippen LogP contribution in [-0.2, 0) is 23.1 Å². The molecule has 0 saturated carbocycles. The van der Waals surface area contributed by atoms with Crippen molar-refractivity contribution < 1.29 is 9.90 Å². The summed E-state index contributed by atoms with van der Waals surface area (Å²) in [5.41, 5.74) is 7.09. The number of nitrogens with zero attached hydrogens (tertiary/aromatic N) is 3.